The molecule has 0 aliphatic rings. The Morgan fingerprint density at radius 3 is 1.78 bits per heavy atom. The van der Waals surface area contributed by atoms with E-state index in [2.05, 4.69) is 16.0 Å². The molecule has 0 fully saturated rings. The predicted molar refractivity (Wildman–Crippen MR) is 123 cm³/mol. The fourth-order valence-electron chi connectivity index (χ4n) is 3.07. The van der Waals surface area contributed by atoms with E-state index < -0.39 is 47.9 Å². The van der Waals surface area contributed by atoms with Crippen molar-refractivity contribution in [2.75, 3.05) is 6.54 Å². The summed E-state index contributed by atoms with van der Waals surface area (Å²) >= 11 is 0. The second-order valence-corrected chi connectivity index (χ2v) is 9.37. The zero-order valence-corrected chi connectivity index (χ0v) is 20.3. The highest BCUT2D eigenvalue weighted by molar-refractivity contribution is 5.94. The zero-order valence-electron chi connectivity index (χ0n) is 20.3. The monoisotopic (exact) mass is 457 g/mol. The molecule has 4 atom stereocenters. The van der Waals surface area contributed by atoms with Crippen LogP contribution in [-0.4, -0.2) is 59.5 Å². The van der Waals surface area contributed by atoms with Crippen molar-refractivity contribution in [3.8, 4) is 0 Å². The largest absolute Gasteiger partial charge is 0.480 e. The molecule has 10 heteroatoms. The second kappa shape index (κ2) is 14.8. The Labute approximate surface area is 191 Å². The van der Waals surface area contributed by atoms with Crippen LogP contribution in [0.25, 0.3) is 0 Å². The van der Waals surface area contributed by atoms with Gasteiger partial charge >= 0.3 is 5.97 Å². The van der Waals surface area contributed by atoms with Crippen LogP contribution in [0.15, 0.2) is 0 Å². The fourth-order valence-corrected chi connectivity index (χ4v) is 3.07. The van der Waals surface area contributed by atoms with Gasteiger partial charge in [0.2, 0.25) is 17.7 Å². The molecule has 0 aromatic carbocycles. The number of carbonyl (C=O) groups excluding carboxylic acids is 3. The molecule has 0 bridgehead atoms. The van der Waals surface area contributed by atoms with Gasteiger partial charge in [0.1, 0.15) is 18.1 Å². The summed E-state index contributed by atoms with van der Waals surface area (Å²) in [6, 6.07) is -3.64. The standard InChI is InChI=1S/C22H43N5O5/c1-12(2)11-16(19(28)25-15(22(31)32)9-7-8-10-23)26-21(30)18(14(5)6)27-20(29)17(24)13(3)4/h12-18H,7-11,23-24H2,1-6H3,(H,25,28)(H,26,30)(H,27,29)(H,31,32). The number of nitrogens with one attached hydrogen (secondary N) is 3. The van der Waals surface area contributed by atoms with E-state index in [-0.39, 0.29) is 24.2 Å². The number of carboxylic acids is 1. The summed E-state index contributed by atoms with van der Waals surface area (Å²) in [6.45, 7) is 11.4. The maximum atomic E-state index is 13.0. The Morgan fingerprint density at radius 2 is 1.34 bits per heavy atom. The lowest BCUT2D eigenvalue weighted by atomic mass is 9.98. The maximum absolute atomic E-state index is 13.0. The van der Waals surface area contributed by atoms with Crippen LogP contribution in [0.5, 0.6) is 0 Å². The van der Waals surface area contributed by atoms with Crippen LogP contribution in [0.1, 0.15) is 67.2 Å². The van der Waals surface area contributed by atoms with E-state index in [4.69, 9.17) is 11.5 Å². The lowest BCUT2D eigenvalue weighted by molar-refractivity contribution is -0.142. The number of rotatable bonds is 15. The molecule has 0 aromatic rings. The van der Waals surface area contributed by atoms with E-state index in [1.165, 1.54) is 0 Å². The van der Waals surface area contributed by atoms with E-state index in [0.717, 1.165) is 0 Å². The van der Waals surface area contributed by atoms with Gasteiger partial charge in [-0.05, 0) is 50.0 Å². The molecule has 8 N–H and O–H groups in total. The first kappa shape index (κ1) is 29.8. The van der Waals surface area contributed by atoms with Gasteiger partial charge < -0.3 is 32.5 Å². The van der Waals surface area contributed by atoms with Gasteiger partial charge in [-0.15, -0.1) is 0 Å². The quantitative estimate of drug-likeness (QED) is 0.192. The van der Waals surface area contributed by atoms with Gasteiger partial charge in [-0.2, -0.15) is 0 Å². The van der Waals surface area contributed by atoms with E-state index >= 15 is 0 Å². The van der Waals surface area contributed by atoms with Gasteiger partial charge in [0, 0.05) is 0 Å². The predicted octanol–water partition coefficient (Wildman–Crippen LogP) is 0.340. The number of hydrogen-bond acceptors (Lipinski definition) is 6. The van der Waals surface area contributed by atoms with Crippen LogP contribution in [0.2, 0.25) is 0 Å². The first-order chi connectivity index (χ1) is 14.8. The minimum atomic E-state index is -1.14. The first-order valence-electron chi connectivity index (χ1n) is 11.4. The molecule has 0 radical (unpaired) electrons. The number of unbranched alkanes of at least 4 members (excludes halogenated alkanes) is 1. The molecule has 186 valence electrons. The fraction of sp³-hybridized carbons (Fsp3) is 0.818. The van der Waals surface area contributed by atoms with Crippen molar-refractivity contribution in [1.29, 1.82) is 0 Å². The van der Waals surface area contributed by atoms with E-state index in [0.29, 0.717) is 25.8 Å². The van der Waals surface area contributed by atoms with Crippen molar-refractivity contribution in [1.82, 2.24) is 16.0 Å². The number of aliphatic carboxylic acids is 1. The van der Waals surface area contributed by atoms with Crippen LogP contribution in [0.4, 0.5) is 0 Å². The topological polar surface area (TPSA) is 177 Å². The van der Waals surface area contributed by atoms with Gasteiger partial charge in [0.25, 0.3) is 0 Å². The first-order valence-corrected chi connectivity index (χ1v) is 11.4. The molecule has 0 heterocycles. The minimum Gasteiger partial charge on any atom is -0.480 e. The molecule has 0 aromatic heterocycles. The SMILES string of the molecule is CC(C)CC(NC(=O)C(NC(=O)C(N)C(C)C)C(C)C)C(=O)NC(CCCCN)C(=O)O. The normalized spacial score (nSPS) is 15.2. The summed E-state index contributed by atoms with van der Waals surface area (Å²) in [7, 11) is 0. The number of carboxylic acid groups (broad SMARTS) is 1. The van der Waals surface area contributed by atoms with Crippen LogP contribution >= 0.6 is 0 Å². The third kappa shape index (κ3) is 10.9. The summed E-state index contributed by atoms with van der Waals surface area (Å²) in [5, 5.41) is 17.3. The number of carbonyl (C=O) groups is 4. The van der Waals surface area contributed by atoms with Crippen LogP contribution in [0.3, 0.4) is 0 Å². The highest BCUT2D eigenvalue weighted by Crippen LogP contribution is 2.10. The molecular formula is C22H43N5O5. The van der Waals surface area contributed by atoms with Gasteiger partial charge in [0.15, 0.2) is 0 Å². The average Bonchev–Trinajstić information content (AvgIpc) is 2.68. The molecular weight excluding hydrogens is 414 g/mol. The van der Waals surface area contributed by atoms with Crippen LogP contribution in [-0.2, 0) is 19.2 Å². The average molecular weight is 458 g/mol. The lowest BCUT2D eigenvalue weighted by Gasteiger charge is -2.28. The van der Waals surface area contributed by atoms with Gasteiger partial charge in [-0.1, -0.05) is 41.5 Å². The highest BCUT2D eigenvalue weighted by Gasteiger charge is 2.32. The molecule has 0 saturated heterocycles. The smallest absolute Gasteiger partial charge is 0.326 e. The van der Waals surface area contributed by atoms with E-state index in [1.54, 1.807) is 13.8 Å². The third-order valence-corrected chi connectivity index (χ3v) is 5.17. The van der Waals surface area contributed by atoms with E-state index in [1.807, 2.05) is 27.7 Å². The van der Waals surface area contributed by atoms with Crippen molar-refractivity contribution in [2.45, 2.75) is 91.4 Å². The number of amides is 3. The molecule has 0 spiro atoms. The molecule has 0 aliphatic heterocycles. The van der Waals surface area contributed by atoms with Crippen molar-refractivity contribution >= 4 is 23.7 Å². The number of nitrogens with two attached hydrogens (primary N) is 2. The lowest BCUT2D eigenvalue weighted by Crippen LogP contribution is -2.59. The van der Waals surface area contributed by atoms with Crippen molar-refractivity contribution in [3.63, 3.8) is 0 Å². The Morgan fingerprint density at radius 1 is 0.781 bits per heavy atom. The highest BCUT2D eigenvalue weighted by atomic mass is 16.4. The molecule has 32 heavy (non-hydrogen) atoms. The second-order valence-electron chi connectivity index (χ2n) is 9.37. The Hall–Kier alpha value is -2.20. The summed E-state index contributed by atoms with van der Waals surface area (Å²) in [6.07, 6.45) is 1.78. The van der Waals surface area contributed by atoms with Gasteiger partial charge in [-0.25, -0.2) is 4.79 Å². The van der Waals surface area contributed by atoms with Gasteiger partial charge in [-0.3, -0.25) is 14.4 Å². The molecule has 0 saturated carbocycles. The summed E-state index contributed by atoms with van der Waals surface area (Å²) < 4.78 is 0. The third-order valence-electron chi connectivity index (χ3n) is 5.17. The van der Waals surface area contributed by atoms with Crippen molar-refractivity contribution in [3.05, 3.63) is 0 Å². The van der Waals surface area contributed by atoms with Crippen molar-refractivity contribution < 1.29 is 24.3 Å². The summed E-state index contributed by atoms with van der Waals surface area (Å²) in [4.78, 5) is 49.7. The Bertz CT molecular complexity index is 624. The Balaban J connectivity index is 5.39. The number of hydrogen-bond donors (Lipinski definition) is 6. The van der Waals surface area contributed by atoms with E-state index in [9.17, 15) is 24.3 Å². The molecule has 10 nitrogen and oxygen atoms in total. The summed E-state index contributed by atoms with van der Waals surface area (Å²) in [5.41, 5.74) is 11.3. The minimum absolute atomic E-state index is 0.0630. The Kier molecular flexibility index (Phi) is 13.8. The van der Waals surface area contributed by atoms with Crippen LogP contribution in [0, 0.1) is 17.8 Å². The van der Waals surface area contributed by atoms with Gasteiger partial charge in [0.05, 0.1) is 6.04 Å². The molecule has 0 aliphatic carbocycles. The van der Waals surface area contributed by atoms with Crippen LogP contribution < -0.4 is 27.4 Å². The molecule has 3 amide bonds. The van der Waals surface area contributed by atoms with Crippen molar-refractivity contribution in [2.24, 2.45) is 29.2 Å². The molecule has 4 unspecified atom stereocenters. The molecule has 0 rings (SSSR count). The summed E-state index contributed by atoms with van der Waals surface area (Å²) in [5.74, 6) is -2.95. The maximum Gasteiger partial charge on any atom is 0.326 e. The zero-order chi connectivity index (χ0) is 25.0.